The smallest absolute Gasteiger partial charge is 0.315 e. The van der Waals surface area contributed by atoms with E-state index in [0.29, 0.717) is 24.9 Å². The number of amides is 2. The zero-order valence-electron chi connectivity index (χ0n) is 10.7. The van der Waals surface area contributed by atoms with E-state index in [2.05, 4.69) is 26.6 Å². The zero-order chi connectivity index (χ0) is 14.3. The SMILES string of the molecule is C[C@H](CCO)NC(=O)NCCc1cc(Br)ccc1F. The third kappa shape index (κ3) is 6.02. The normalized spacial score (nSPS) is 12.0. The number of aliphatic hydroxyl groups is 1. The lowest BCUT2D eigenvalue weighted by Crippen LogP contribution is -2.41. The minimum atomic E-state index is -0.309. The van der Waals surface area contributed by atoms with Crippen LogP contribution in [0, 0.1) is 5.82 Å². The molecule has 0 fully saturated rings. The fourth-order valence-electron chi connectivity index (χ4n) is 1.59. The maximum atomic E-state index is 13.4. The van der Waals surface area contributed by atoms with Crippen LogP contribution in [-0.2, 0) is 6.42 Å². The molecule has 1 rings (SSSR count). The van der Waals surface area contributed by atoms with Gasteiger partial charge in [-0.3, -0.25) is 0 Å². The maximum Gasteiger partial charge on any atom is 0.315 e. The van der Waals surface area contributed by atoms with Gasteiger partial charge in [-0.25, -0.2) is 9.18 Å². The van der Waals surface area contributed by atoms with Crippen LogP contribution >= 0.6 is 15.9 Å². The van der Waals surface area contributed by atoms with Crippen molar-refractivity contribution in [2.45, 2.75) is 25.8 Å². The van der Waals surface area contributed by atoms with Crippen molar-refractivity contribution in [1.82, 2.24) is 10.6 Å². The topological polar surface area (TPSA) is 61.4 Å². The molecule has 1 aromatic carbocycles. The average Bonchev–Trinajstić information content (AvgIpc) is 2.33. The molecular formula is C13H18BrFN2O2. The van der Waals surface area contributed by atoms with E-state index in [0.717, 1.165) is 4.47 Å². The highest BCUT2D eigenvalue weighted by molar-refractivity contribution is 9.10. The lowest BCUT2D eigenvalue weighted by molar-refractivity contribution is 0.231. The van der Waals surface area contributed by atoms with Gasteiger partial charge in [0, 0.05) is 23.7 Å². The fraction of sp³-hybridized carbons (Fsp3) is 0.462. The van der Waals surface area contributed by atoms with E-state index in [1.807, 2.05) is 6.92 Å². The molecule has 1 aromatic rings. The summed E-state index contributed by atoms with van der Waals surface area (Å²) in [5.41, 5.74) is 0.554. The van der Waals surface area contributed by atoms with E-state index >= 15 is 0 Å². The van der Waals surface area contributed by atoms with Crippen molar-refractivity contribution in [2.75, 3.05) is 13.2 Å². The molecule has 0 unspecified atom stereocenters. The van der Waals surface area contributed by atoms with Gasteiger partial charge in [0.25, 0.3) is 0 Å². The second-order valence-electron chi connectivity index (χ2n) is 4.30. The quantitative estimate of drug-likeness (QED) is 0.747. The highest BCUT2D eigenvalue weighted by Gasteiger charge is 2.07. The van der Waals surface area contributed by atoms with Crippen LogP contribution in [0.1, 0.15) is 18.9 Å². The molecule has 0 aliphatic heterocycles. The summed E-state index contributed by atoms with van der Waals surface area (Å²) in [5.74, 6) is -0.279. The van der Waals surface area contributed by atoms with Gasteiger partial charge in [-0.1, -0.05) is 15.9 Å². The van der Waals surface area contributed by atoms with Crippen LogP contribution in [0.25, 0.3) is 0 Å². The molecule has 106 valence electrons. The first-order valence-electron chi connectivity index (χ1n) is 6.12. The molecule has 1 atom stereocenters. The molecule has 3 N–H and O–H groups in total. The largest absolute Gasteiger partial charge is 0.396 e. The third-order valence-corrected chi connectivity index (χ3v) is 3.12. The summed E-state index contributed by atoms with van der Waals surface area (Å²) in [4.78, 5) is 11.5. The molecule has 0 aliphatic rings. The molecule has 0 bridgehead atoms. The number of hydrogen-bond acceptors (Lipinski definition) is 2. The first kappa shape index (κ1) is 15.9. The predicted molar refractivity (Wildman–Crippen MR) is 75.5 cm³/mol. The molecule has 0 heterocycles. The van der Waals surface area contributed by atoms with Crippen molar-refractivity contribution in [3.63, 3.8) is 0 Å². The number of halogens is 2. The molecule has 2 amide bonds. The summed E-state index contributed by atoms with van der Waals surface area (Å²) in [6.07, 6.45) is 0.931. The molecule has 0 aromatic heterocycles. The maximum absolute atomic E-state index is 13.4. The molecule has 0 radical (unpaired) electrons. The van der Waals surface area contributed by atoms with E-state index in [4.69, 9.17) is 5.11 Å². The average molecular weight is 333 g/mol. The zero-order valence-corrected chi connectivity index (χ0v) is 12.3. The van der Waals surface area contributed by atoms with Crippen molar-refractivity contribution < 1.29 is 14.3 Å². The van der Waals surface area contributed by atoms with Crippen LogP contribution in [0.5, 0.6) is 0 Å². The molecule has 6 heteroatoms. The van der Waals surface area contributed by atoms with Gasteiger partial charge in [0.05, 0.1) is 0 Å². The van der Waals surface area contributed by atoms with Gasteiger partial charge in [0.2, 0.25) is 0 Å². The summed E-state index contributed by atoms with van der Waals surface area (Å²) in [5, 5.41) is 14.0. The lowest BCUT2D eigenvalue weighted by atomic mass is 10.1. The van der Waals surface area contributed by atoms with Crippen molar-refractivity contribution in [3.05, 3.63) is 34.1 Å². The number of benzene rings is 1. The van der Waals surface area contributed by atoms with E-state index in [-0.39, 0.29) is 24.5 Å². The Labute approximate surface area is 120 Å². The number of carbonyl (C=O) groups is 1. The Kier molecular flexibility index (Phi) is 6.80. The summed E-state index contributed by atoms with van der Waals surface area (Å²) in [6.45, 7) is 2.19. The van der Waals surface area contributed by atoms with Crippen molar-refractivity contribution >= 4 is 22.0 Å². The van der Waals surface area contributed by atoms with Gasteiger partial charge < -0.3 is 15.7 Å². The second-order valence-corrected chi connectivity index (χ2v) is 5.21. The van der Waals surface area contributed by atoms with Gasteiger partial charge in [-0.15, -0.1) is 0 Å². The van der Waals surface area contributed by atoms with Crippen molar-refractivity contribution in [1.29, 1.82) is 0 Å². The Hall–Kier alpha value is -1.14. The van der Waals surface area contributed by atoms with Crippen LogP contribution in [0.2, 0.25) is 0 Å². The van der Waals surface area contributed by atoms with Crippen LogP contribution in [0.15, 0.2) is 22.7 Å². The number of urea groups is 1. The van der Waals surface area contributed by atoms with Crippen LogP contribution in [-0.4, -0.2) is 30.3 Å². The number of aliphatic hydroxyl groups excluding tert-OH is 1. The third-order valence-electron chi connectivity index (χ3n) is 2.63. The highest BCUT2D eigenvalue weighted by atomic mass is 79.9. The second kappa shape index (κ2) is 8.12. The van der Waals surface area contributed by atoms with Crippen molar-refractivity contribution in [2.24, 2.45) is 0 Å². The van der Waals surface area contributed by atoms with E-state index in [1.165, 1.54) is 6.07 Å². The number of nitrogens with one attached hydrogen (secondary N) is 2. The van der Waals surface area contributed by atoms with Gasteiger partial charge in [-0.2, -0.15) is 0 Å². The van der Waals surface area contributed by atoms with E-state index in [9.17, 15) is 9.18 Å². The van der Waals surface area contributed by atoms with Gasteiger partial charge in [0.15, 0.2) is 0 Å². The Morgan fingerprint density at radius 1 is 1.53 bits per heavy atom. The standard InChI is InChI=1S/C13H18BrFN2O2/c1-9(5-7-18)17-13(19)16-6-4-10-8-11(14)2-3-12(10)15/h2-3,8-9,18H,4-7H2,1H3,(H2,16,17,19)/t9-/m1/s1. The summed E-state index contributed by atoms with van der Waals surface area (Å²) < 4.78 is 14.2. The van der Waals surface area contributed by atoms with Gasteiger partial charge in [0.1, 0.15) is 5.82 Å². The Morgan fingerprint density at radius 2 is 2.26 bits per heavy atom. The van der Waals surface area contributed by atoms with Gasteiger partial charge in [-0.05, 0) is 43.5 Å². The van der Waals surface area contributed by atoms with Crippen molar-refractivity contribution in [3.8, 4) is 0 Å². The van der Waals surface area contributed by atoms with Gasteiger partial charge >= 0.3 is 6.03 Å². The molecule has 0 saturated heterocycles. The number of rotatable bonds is 6. The summed E-state index contributed by atoms with van der Waals surface area (Å²) in [7, 11) is 0. The first-order valence-corrected chi connectivity index (χ1v) is 6.91. The number of hydrogen-bond donors (Lipinski definition) is 3. The molecule has 0 saturated carbocycles. The minimum absolute atomic E-state index is 0.0324. The monoisotopic (exact) mass is 332 g/mol. The molecule has 0 spiro atoms. The number of carbonyl (C=O) groups excluding carboxylic acids is 1. The summed E-state index contributed by atoms with van der Waals surface area (Å²) >= 11 is 3.28. The fourth-order valence-corrected chi connectivity index (χ4v) is 1.99. The lowest BCUT2D eigenvalue weighted by Gasteiger charge is -2.13. The van der Waals surface area contributed by atoms with E-state index in [1.54, 1.807) is 12.1 Å². The van der Waals surface area contributed by atoms with Crippen LogP contribution < -0.4 is 10.6 Å². The Morgan fingerprint density at radius 3 is 2.95 bits per heavy atom. The van der Waals surface area contributed by atoms with Crippen LogP contribution in [0.4, 0.5) is 9.18 Å². The van der Waals surface area contributed by atoms with E-state index < -0.39 is 0 Å². The minimum Gasteiger partial charge on any atom is -0.396 e. The van der Waals surface area contributed by atoms with Crippen LogP contribution in [0.3, 0.4) is 0 Å². The first-order chi connectivity index (χ1) is 9.02. The predicted octanol–water partition coefficient (Wildman–Crippen LogP) is 2.20. The molecule has 4 nitrogen and oxygen atoms in total. The Bertz CT molecular complexity index is 429. The highest BCUT2D eigenvalue weighted by Crippen LogP contribution is 2.15. The molecule has 19 heavy (non-hydrogen) atoms. The molecular weight excluding hydrogens is 315 g/mol. The Balaban J connectivity index is 2.33. The summed E-state index contributed by atoms with van der Waals surface area (Å²) in [6, 6.07) is 4.32. The molecule has 0 aliphatic carbocycles.